The molecule has 1 aliphatic heterocycles. The fraction of sp³-hybridized carbons (Fsp3) is 0.625. The molecule has 19 heavy (non-hydrogen) atoms. The Morgan fingerprint density at radius 1 is 1.16 bits per heavy atom. The Hall–Kier alpha value is -0.900. The fourth-order valence-electron chi connectivity index (χ4n) is 2.71. The van der Waals surface area contributed by atoms with E-state index >= 15 is 0 Å². The molecule has 1 aromatic carbocycles. The monoisotopic (exact) mass is 262 g/mol. The van der Waals surface area contributed by atoms with Crippen molar-refractivity contribution in [2.24, 2.45) is 0 Å². The Balaban J connectivity index is 2.18. The van der Waals surface area contributed by atoms with Gasteiger partial charge >= 0.3 is 0 Å². The molecule has 1 N–H and O–H groups in total. The smallest absolute Gasteiger partial charge is 0.0896 e. The second-order valence-corrected chi connectivity index (χ2v) is 5.84. The number of hydrogen-bond acceptors (Lipinski definition) is 3. The van der Waals surface area contributed by atoms with Crippen LogP contribution in [0.1, 0.15) is 36.9 Å². The summed E-state index contributed by atoms with van der Waals surface area (Å²) >= 11 is 0. The maximum absolute atomic E-state index is 5.93. The number of nitrogens with zero attached hydrogens (tertiary/aromatic N) is 1. The van der Waals surface area contributed by atoms with E-state index in [0.717, 1.165) is 19.7 Å². The Morgan fingerprint density at radius 2 is 1.79 bits per heavy atom. The van der Waals surface area contributed by atoms with Gasteiger partial charge in [0.25, 0.3) is 0 Å². The topological polar surface area (TPSA) is 24.5 Å². The Kier molecular flexibility index (Phi) is 4.97. The van der Waals surface area contributed by atoms with Crippen LogP contribution in [-0.2, 0) is 4.74 Å². The Labute approximate surface area is 116 Å². The molecule has 0 amide bonds. The molecule has 0 radical (unpaired) electrons. The second-order valence-electron chi connectivity index (χ2n) is 5.84. The highest BCUT2D eigenvalue weighted by Crippen LogP contribution is 2.26. The van der Waals surface area contributed by atoms with E-state index in [1.165, 1.54) is 11.1 Å². The highest BCUT2D eigenvalue weighted by Gasteiger charge is 2.27. The quantitative estimate of drug-likeness (QED) is 0.902. The summed E-state index contributed by atoms with van der Waals surface area (Å²) < 4.78 is 5.93. The normalized spacial score (nSPS) is 21.9. The Bertz CT molecular complexity index is 380. The molecule has 2 rings (SSSR count). The molecule has 2 unspecified atom stereocenters. The molecule has 1 saturated heterocycles. The van der Waals surface area contributed by atoms with E-state index in [1.54, 1.807) is 0 Å². The molecular weight excluding hydrogens is 236 g/mol. The molecule has 1 aromatic rings. The lowest BCUT2D eigenvalue weighted by molar-refractivity contribution is -0.0211. The summed E-state index contributed by atoms with van der Waals surface area (Å²) in [4.78, 5) is 2.25. The third-order valence-electron chi connectivity index (χ3n) is 3.81. The zero-order valence-corrected chi connectivity index (χ0v) is 12.5. The summed E-state index contributed by atoms with van der Waals surface area (Å²) in [7, 11) is 4.25. The SMILES string of the molecule is CC(C)c1ccc(C(C2CNCCO2)N(C)C)cc1. The number of ether oxygens (including phenoxy) is 1. The zero-order chi connectivity index (χ0) is 13.8. The molecule has 1 fully saturated rings. The van der Waals surface area contributed by atoms with Crippen LogP contribution in [0.15, 0.2) is 24.3 Å². The fourth-order valence-corrected chi connectivity index (χ4v) is 2.71. The van der Waals surface area contributed by atoms with E-state index in [1.807, 2.05) is 0 Å². The lowest BCUT2D eigenvalue weighted by atomic mass is 9.95. The highest BCUT2D eigenvalue weighted by molar-refractivity contribution is 5.27. The molecule has 0 spiro atoms. The third kappa shape index (κ3) is 3.56. The average molecular weight is 262 g/mol. The van der Waals surface area contributed by atoms with Crippen molar-refractivity contribution < 1.29 is 4.74 Å². The van der Waals surface area contributed by atoms with Crippen molar-refractivity contribution >= 4 is 0 Å². The first-order valence-corrected chi connectivity index (χ1v) is 7.18. The number of nitrogens with one attached hydrogen (secondary N) is 1. The van der Waals surface area contributed by atoms with Crippen LogP contribution in [0.5, 0.6) is 0 Å². The minimum Gasteiger partial charge on any atom is -0.374 e. The van der Waals surface area contributed by atoms with Gasteiger partial charge in [-0.15, -0.1) is 0 Å². The summed E-state index contributed by atoms with van der Waals surface area (Å²) in [6.45, 7) is 7.15. The van der Waals surface area contributed by atoms with E-state index < -0.39 is 0 Å². The Morgan fingerprint density at radius 3 is 2.26 bits per heavy atom. The van der Waals surface area contributed by atoms with E-state index in [4.69, 9.17) is 4.74 Å². The van der Waals surface area contributed by atoms with E-state index in [2.05, 4.69) is 62.4 Å². The van der Waals surface area contributed by atoms with Crippen molar-refractivity contribution in [1.29, 1.82) is 0 Å². The summed E-state index contributed by atoms with van der Waals surface area (Å²) in [5.74, 6) is 0.583. The molecule has 0 aliphatic carbocycles. The maximum Gasteiger partial charge on any atom is 0.0896 e. The van der Waals surface area contributed by atoms with Crippen LogP contribution in [0.2, 0.25) is 0 Å². The predicted octanol–water partition coefficient (Wildman–Crippen LogP) is 2.40. The van der Waals surface area contributed by atoms with Crippen LogP contribution in [0.25, 0.3) is 0 Å². The number of likely N-dealkylation sites (N-methyl/N-ethyl adjacent to an activating group) is 1. The molecule has 106 valence electrons. The molecular formula is C16H26N2O. The van der Waals surface area contributed by atoms with Gasteiger partial charge in [-0.25, -0.2) is 0 Å². The molecule has 1 heterocycles. The second kappa shape index (κ2) is 6.51. The summed E-state index contributed by atoms with van der Waals surface area (Å²) in [6.07, 6.45) is 0.230. The van der Waals surface area contributed by atoms with E-state index in [0.29, 0.717) is 12.0 Å². The van der Waals surface area contributed by atoms with Crippen LogP contribution in [-0.4, -0.2) is 44.8 Å². The number of morpholine rings is 1. The van der Waals surface area contributed by atoms with Crippen molar-refractivity contribution in [3.05, 3.63) is 35.4 Å². The molecule has 0 aromatic heterocycles. The van der Waals surface area contributed by atoms with Gasteiger partial charge < -0.3 is 15.0 Å². The lowest BCUT2D eigenvalue weighted by Crippen LogP contribution is -2.45. The van der Waals surface area contributed by atoms with Crippen LogP contribution >= 0.6 is 0 Å². The van der Waals surface area contributed by atoms with Crippen molar-refractivity contribution in [2.45, 2.75) is 31.9 Å². The van der Waals surface area contributed by atoms with Gasteiger partial charge in [-0.2, -0.15) is 0 Å². The lowest BCUT2D eigenvalue weighted by Gasteiger charge is -2.35. The molecule has 1 aliphatic rings. The van der Waals surface area contributed by atoms with Gasteiger partial charge in [-0.3, -0.25) is 0 Å². The van der Waals surface area contributed by atoms with Crippen LogP contribution < -0.4 is 5.32 Å². The third-order valence-corrected chi connectivity index (χ3v) is 3.81. The van der Waals surface area contributed by atoms with E-state index in [-0.39, 0.29) is 6.10 Å². The van der Waals surface area contributed by atoms with Crippen molar-refractivity contribution in [1.82, 2.24) is 10.2 Å². The van der Waals surface area contributed by atoms with Crippen LogP contribution in [0, 0.1) is 0 Å². The van der Waals surface area contributed by atoms with Gasteiger partial charge in [0.1, 0.15) is 0 Å². The first kappa shape index (κ1) is 14.5. The minimum absolute atomic E-state index is 0.230. The van der Waals surface area contributed by atoms with Gasteiger partial charge in [-0.05, 0) is 31.1 Å². The summed E-state index contributed by atoms with van der Waals surface area (Å²) in [6, 6.07) is 9.30. The van der Waals surface area contributed by atoms with Gasteiger partial charge in [0.2, 0.25) is 0 Å². The number of hydrogen-bond donors (Lipinski definition) is 1. The van der Waals surface area contributed by atoms with Crippen molar-refractivity contribution in [3.63, 3.8) is 0 Å². The average Bonchev–Trinajstić information content (AvgIpc) is 2.40. The first-order valence-electron chi connectivity index (χ1n) is 7.18. The molecule has 3 heteroatoms. The van der Waals surface area contributed by atoms with Crippen LogP contribution in [0.4, 0.5) is 0 Å². The van der Waals surface area contributed by atoms with Crippen LogP contribution in [0.3, 0.4) is 0 Å². The number of rotatable bonds is 4. The summed E-state index contributed by atoms with van der Waals surface area (Å²) in [5.41, 5.74) is 2.73. The van der Waals surface area contributed by atoms with E-state index in [9.17, 15) is 0 Å². The minimum atomic E-state index is 0.230. The molecule has 3 nitrogen and oxygen atoms in total. The predicted molar refractivity (Wildman–Crippen MR) is 79.6 cm³/mol. The van der Waals surface area contributed by atoms with Gasteiger partial charge in [0, 0.05) is 13.1 Å². The largest absolute Gasteiger partial charge is 0.374 e. The standard InChI is InChI=1S/C16H26N2O/c1-12(2)13-5-7-14(8-6-13)16(18(3)4)15-11-17-9-10-19-15/h5-8,12,15-17H,9-11H2,1-4H3. The molecule has 2 atom stereocenters. The molecule has 0 saturated carbocycles. The van der Waals surface area contributed by atoms with Crippen molar-refractivity contribution in [3.8, 4) is 0 Å². The molecule has 0 bridgehead atoms. The highest BCUT2D eigenvalue weighted by atomic mass is 16.5. The number of benzene rings is 1. The van der Waals surface area contributed by atoms with Gasteiger partial charge in [0.15, 0.2) is 0 Å². The van der Waals surface area contributed by atoms with Gasteiger partial charge in [-0.1, -0.05) is 38.1 Å². The zero-order valence-electron chi connectivity index (χ0n) is 12.5. The van der Waals surface area contributed by atoms with Crippen molar-refractivity contribution in [2.75, 3.05) is 33.8 Å². The maximum atomic E-state index is 5.93. The first-order chi connectivity index (χ1) is 9.09. The summed E-state index contributed by atoms with van der Waals surface area (Å²) in [5, 5.41) is 3.42. The van der Waals surface area contributed by atoms with Gasteiger partial charge in [0.05, 0.1) is 18.8 Å².